The maximum atomic E-state index is 3.68. The molecule has 16 heavy (non-hydrogen) atoms. The van der Waals surface area contributed by atoms with Crippen LogP contribution >= 0.6 is 11.8 Å². The van der Waals surface area contributed by atoms with Crippen molar-refractivity contribution in [3.05, 3.63) is 0 Å². The first kappa shape index (κ1) is 12.7. The van der Waals surface area contributed by atoms with E-state index in [4.69, 9.17) is 0 Å². The van der Waals surface area contributed by atoms with Crippen LogP contribution in [0.3, 0.4) is 0 Å². The summed E-state index contributed by atoms with van der Waals surface area (Å²) < 4.78 is 0. The van der Waals surface area contributed by atoms with Crippen LogP contribution in [0.15, 0.2) is 0 Å². The lowest BCUT2D eigenvalue weighted by Crippen LogP contribution is -2.44. The van der Waals surface area contributed by atoms with E-state index in [2.05, 4.69) is 16.5 Å². The third kappa shape index (κ3) is 4.27. The molecular weight excluding hydrogens is 216 g/mol. The Bertz CT molecular complexity index is 188. The molecule has 1 unspecified atom stereocenters. The summed E-state index contributed by atoms with van der Waals surface area (Å²) in [7, 11) is 0. The Hall–Kier alpha value is 0.270. The Kier molecular flexibility index (Phi) is 5.46. The van der Waals surface area contributed by atoms with Crippen LogP contribution in [-0.2, 0) is 0 Å². The average molecular weight is 242 g/mol. The molecule has 1 heterocycles. The van der Waals surface area contributed by atoms with Crippen molar-refractivity contribution in [2.45, 2.75) is 50.6 Å². The second kappa shape index (κ2) is 6.87. The van der Waals surface area contributed by atoms with E-state index in [1.807, 2.05) is 11.8 Å². The van der Waals surface area contributed by atoms with Gasteiger partial charge in [-0.25, -0.2) is 0 Å². The fraction of sp³-hybridized carbons (Fsp3) is 1.00. The molecule has 0 spiro atoms. The third-order valence-electron chi connectivity index (χ3n) is 3.72. The van der Waals surface area contributed by atoms with Crippen molar-refractivity contribution in [3.8, 4) is 0 Å². The minimum atomic E-state index is 0.781. The van der Waals surface area contributed by atoms with Crippen LogP contribution in [0.4, 0.5) is 0 Å². The largest absolute Gasteiger partial charge is 0.313 e. The van der Waals surface area contributed by atoms with E-state index in [9.17, 15) is 0 Å². The normalized spacial score (nSPS) is 26.2. The van der Waals surface area contributed by atoms with E-state index in [0.29, 0.717) is 0 Å². The molecule has 0 aromatic rings. The van der Waals surface area contributed by atoms with Crippen LogP contribution in [-0.4, -0.2) is 48.6 Å². The van der Waals surface area contributed by atoms with E-state index < -0.39 is 0 Å². The summed E-state index contributed by atoms with van der Waals surface area (Å²) in [4.78, 5) is 2.75. The summed E-state index contributed by atoms with van der Waals surface area (Å²) in [6, 6.07) is 1.72. The second-order valence-electron chi connectivity index (χ2n) is 5.22. The molecule has 2 rings (SSSR count). The lowest BCUT2D eigenvalue weighted by molar-refractivity contribution is 0.216. The zero-order valence-corrected chi connectivity index (χ0v) is 11.4. The van der Waals surface area contributed by atoms with E-state index in [1.165, 1.54) is 63.9 Å². The first-order valence-corrected chi connectivity index (χ1v) is 8.26. The molecule has 1 atom stereocenters. The van der Waals surface area contributed by atoms with Gasteiger partial charge in [0.15, 0.2) is 0 Å². The number of nitrogens with zero attached hydrogens (tertiary/aromatic N) is 1. The summed E-state index contributed by atoms with van der Waals surface area (Å²) in [5.41, 5.74) is 0. The molecule has 3 heteroatoms. The van der Waals surface area contributed by atoms with Crippen molar-refractivity contribution in [2.75, 3.05) is 31.6 Å². The minimum absolute atomic E-state index is 0.781. The van der Waals surface area contributed by atoms with Crippen LogP contribution < -0.4 is 5.32 Å². The Balaban J connectivity index is 1.68. The van der Waals surface area contributed by atoms with Gasteiger partial charge in [0.25, 0.3) is 0 Å². The van der Waals surface area contributed by atoms with Crippen LogP contribution in [0, 0.1) is 0 Å². The fourth-order valence-corrected chi connectivity index (χ4v) is 3.06. The summed E-state index contributed by atoms with van der Waals surface area (Å²) in [5, 5.41) is 3.68. The molecule has 0 aromatic heterocycles. The third-order valence-corrected chi connectivity index (χ3v) is 4.42. The van der Waals surface area contributed by atoms with Crippen molar-refractivity contribution in [1.29, 1.82) is 0 Å². The topological polar surface area (TPSA) is 15.3 Å². The smallest absolute Gasteiger partial charge is 0.0195 e. The molecule has 2 nitrogen and oxygen atoms in total. The van der Waals surface area contributed by atoms with Crippen LogP contribution in [0.2, 0.25) is 0 Å². The van der Waals surface area contributed by atoms with Gasteiger partial charge in [-0.15, -0.1) is 0 Å². The molecule has 0 amide bonds. The number of hydrogen-bond donors (Lipinski definition) is 1. The van der Waals surface area contributed by atoms with Crippen LogP contribution in [0.5, 0.6) is 0 Å². The Morgan fingerprint density at radius 1 is 1.25 bits per heavy atom. The predicted octanol–water partition coefficient (Wildman–Crippen LogP) is 2.35. The molecular formula is C13H26N2S. The van der Waals surface area contributed by atoms with Gasteiger partial charge >= 0.3 is 0 Å². The monoisotopic (exact) mass is 242 g/mol. The van der Waals surface area contributed by atoms with Crippen LogP contribution in [0.1, 0.15) is 38.5 Å². The lowest BCUT2D eigenvalue weighted by Gasteiger charge is -2.30. The van der Waals surface area contributed by atoms with Gasteiger partial charge in [0.2, 0.25) is 0 Å². The summed E-state index contributed by atoms with van der Waals surface area (Å²) in [5.74, 6) is 1.32. The van der Waals surface area contributed by atoms with E-state index in [0.717, 1.165) is 12.1 Å². The molecule has 0 radical (unpaired) electrons. The lowest BCUT2D eigenvalue weighted by atomic mass is 10.0. The molecule has 1 saturated heterocycles. The summed E-state index contributed by atoms with van der Waals surface area (Å²) in [6.45, 7) is 3.87. The van der Waals surface area contributed by atoms with E-state index in [1.54, 1.807) is 0 Å². The molecule has 94 valence electrons. The van der Waals surface area contributed by atoms with Crippen molar-refractivity contribution in [1.82, 2.24) is 10.2 Å². The molecule has 1 saturated carbocycles. The minimum Gasteiger partial charge on any atom is -0.313 e. The van der Waals surface area contributed by atoms with Gasteiger partial charge in [0.05, 0.1) is 0 Å². The van der Waals surface area contributed by atoms with Crippen molar-refractivity contribution < 1.29 is 0 Å². The molecule has 0 aromatic carbocycles. The van der Waals surface area contributed by atoms with Crippen molar-refractivity contribution >= 4 is 11.8 Å². The zero-order valence-electron chi connectivity index (χ0n) is 10.6. The highest BCUT2D eigenvalue weighted by Gasteiger charge is 2.30. The Morgan fingerprint density at radius 3 is 2.75 bits per heavy atom. The number of hydrogen-bond acceptors (Lipinski definition) is 3. The molecule has 0 bridgehead atoms. The van der Waals surface area contributed by atoms with Gasteiger partial charge in [-0.1, -0.05) is 6.42 Å². The predicted molar refractivity (Wildman–Crippen MR) is 73.2 cm³/mol. The number of nitrogens with one attached hydrogen (secondary N) is 1. The quantitative estimate of drug-likeness (QED) is 0.690. The van der Waals surface area contributed by atoms with Gasteiger partial charge in [-0.2, -0.15) is 11.8 Å². The Labute approximate surface area is 105 Å². The van der Waals surface area contributed by atoms with Crippen LogP contribution in [0.25, 0.3) is 0 Å². The number of thioether (sulfide) groups is 1. The summed E-state index contributed by atoms with van der Waals surface area (Å²) >= 11 is 1.98. The zero-order chi connectivity index (χ0) is 11.2. The van der Waals surface area contributed by atoms with E-state index in [-0.39, 0.29) is 0 Å². The average Bonchev–Trinajstić information content (AvgIpc) is 3.13. The van der Waals surface area contributed by atoms with Gasteiger partial charge in [0, 0.05) is 18.6 Å². The SMILES string of the molecule is CSCCCN(CC1CCCCN1)C1CC1. The maximum Gasteiger partial charge on any atom is 0.0195 e. The molecule has 1 aliphatic carbocycles. The molecule has 2 aliphatic rings. The Morgan fingerprint density at radius 2 is 2.12 bits per heavy atom. The molecule has 1 N–H and O–H groups in total. The van der Waals surface area contributed by atoms with Gasteiger partial charge in [0.1, 0.15) is 0 Å². The maximum absolute atomic E-state index is 3.68. The van der Waals surface area contributed by atoms with Gasteiger partial charge in [-0.3, -0.25) is 4.90 Å². The highest BCUT2D eigenvalue weighted by Crippen LogP contribution is 2.27. The van der Waals surface area contributed by atoms with Crippen molar-refractivity contribution in [2.24, 2.45) is 0 Å². The highest BCUT2D eigenvalue weighted by atomic mass is 32.2. The molecule has 2 fully saturated rings. The first-order chi connectivity index (χ1) is 7.90. The second-order valence-corrected chi connectivity index (χ2v) is 6.20. The molecule has 1 aliphatic heterocycles. The fourth-order valence-electron chi connectivity index (χ4n) is 2.64. The van der Waals surface area contributed by atoms with Gasteiger partial charge in [-0.05, 0) is 57.2 Å². The number of piperidine rings is 1. The highest BCUT2D eigenvalue weighted by molar-refractivity contribution is 7.98. The van der Waals surface area contributed by atoms with Gasteiger partial charge < -0.3 is 5.32 Å². The first-order valence-electron chi connectivity index (χ1n) is 6.86. The standard InChI is InChI=1S/C13H26N2S/c1-16-10-4-9-15(13-6-7-13)11-12-5-2-3-8-14-12/h12-14H,2-11H2,1H3. The van der Waals surface area contributed by atoms with Crippen molar-refractivity contribution in [3.63, 3.8) is 0 Å². The number of rotatable bonds is 7. The van der Waals surface area contributed by atoms with E-state index >= 15 is 0 Å². The summed E-state index contributed by atoms with van der Waals surface area (Å²) in [6.07, 6.45) is 10.7.